The number of aromatic nitrogens is 5. The molecule has 0 aliphatic carbocycles. The molecule has 21 heavy (non-hydrogen) atoms. The second-order valence-electron chi connectivity index (χ2n) is 4.52. The Labute approximate surface area is 123 Å². The zero-order valence-electron chi connectivity index (χ0n) is 12.7. The van der Waals surface area contributed by atoms with E-state index < -0.39 is 0 Å². The van der Waals surface area contributed by atoms with Crippen molar-refractivity contribution in [1.82, 2.24) is 24.9 Å². The van der Waals surface area contributed by atoms with Crippen molar-refractivity contribution < 1.29 is 4.74 Å². The summed E-state index contributed by atoms with van der Waals surface area (Å²) in [5, 5.41) is 3.16. The predicted octanol–water partition coefficient (Wildman–Crippen LogP) is 1.23. The van der Waals surface area contributed by atoms with Gasteiger partial charge >= 0.3 is 0 Å². The lowest BCUT2D eigenvalue weighted by molar-refractivity contribution is 0.397. The molecule has 0 unspecified atom stereocenters. The first kappa shape index (κ1) is 14.9. The predicted molar refractivity (Wildman–Crippen MR) is 80.5 cm³/mol. The van der Waals surface area contributed by atoms with Gasteiger partial charge in [-0.2, -0.15) is 15.0 Å². The van der Waals surface area contributed by atoms with Crippen LogP contribution in [0.15, 0.2) is 12.4 Å². The summed E-state index contributed by atoms with van der Waals surface area (Å²) in [7, 11) is 5.28. The fraction of sp³-hybridized carbons (Fsp3) is 0.462. The van der Waals surface area contributed by atoms with Crippen LogP contribution >= 0.6 is 0 Å². The van der Waals surface area contributed by atoms with E-state index in [9.17, 15) is 0 Å². The normalized spacial score (nSPS) is 10.3. The van der Waals surface area contributed by atoms with Crippen LogP contribution in [-0.2, 0) is 0 Å². The summed E-state index contributed by atoms with van der Waals surface area (Å²) in [6, 6.07) is 0. The average molecular weight is 289 g/mol. The summed E-state index contributed by atoms with van der Waals surface area (Å²) in [5.41, 5.74) is 0.491. The van der Waals surface area contributed by atoms with Gasteiger partial charge in [0.05, 0.1) is 7.11 Å². The quantitative estimate of drug-likeness (QED) is 0.849. The summed E-state index contributed by atoms with van der Waals surface area (Å²) >= 11 is 0. The van der Waals surface area contributed by atoms with Gasteiger partial charge in [-0.25, -0.2) is 9.97 Å². The third-order valence-electron chi connectivity index (χ3n) is 2.63. The molecule has 0 aliphatic heterocycles. The van der Waals surface area contributed by atoms with E-state index in [1.807, 2.05) is 19.0 Å². The van der Waals surface area contributed by atoms with Crippen LogP contribution < -0.4 is 15.0 Å². The van der Waals surface area contributed by atoms with Crippen LogP contribution in [0.1, 0.15) is 13.3 Å². The van der Waals surface area contributed by atoms with E-state index in [4.69, 9.17) is 4.74 Å². The molecule has 0 amide bonds. The Kier molecular flexibility index (Phi) is 4.81. The maximum atomic E-state index is 5.21. The summed E-state index contributed by atoms with van der Waals surface area (Å²) < 4.78 is 5.21. The van der Waals surface area contributed by atoms with Crippen molar-refractivity contribution in [1.29, 1.82) is 0 Å². The number of hydrogen-bond donors (Lipinski definition) is 1. The summed E-state index contributed by atoms with van der Waals surface area (Å²) in [6.45, 7) is 2.86. The largest absolute Gasteiger partial charge is 0.479 e. The van der Waals surface area contributed by atoms with Gasteiger partial charge in [-0.3, -0.25) is 0 Å². The average Bonchev–Trinajstić information content (AvgIpc) is 2.52. The third-order valence-corrected chi connectivity index (χ3v) is 2.63. The molecule has 2 aromatic heterocycles. The lowest BCUT2D eigenvalue weighted by atomic mass is 10.4. The molecule has 0 saturated carbocycles. The van der Waals surface area contributed by atoms with E-state index in [2.05, 4.69) is 37.2 Å². The van der Waals surface area contributed by atoms with Crippen molar-refractivity contribution in [2.75, 3.05) is 38.0 Å². The van der Waals surface area contributed by atoms with Crippen molar-refractivity contribution in [2.24, 2.45) is 0 Å². The molecular formula is C13H19N7O. The highest BCUT2D eigenvalue weighted by Gasteiger charge is 2.15. The number of rotatable bonds is 6. The number of nitrogens with zero attached hydrogens (tertiary/aromatic N) is 6. The zero-order valence-corrected chi connectivity index (χ0v) is 12.7. The molecule has 2 rings (SSSR count). The molecule has 0 aromatic carbocycles. The van der Waals surface area contributed by atoms with Crippen LogP contribution in [0.25, 0.3) is 11.5 Å². The molecule has 112 valence electrons. The van der Waals surface area contributed by atoms with E-state index in [-0.39, 0.29) is 0 Å². The van der Waals surface area contributed by atoms with E-state index in [1.54, 1.807) is 12.4 Å². The molecule has 0 spiro atoms. The Morgan fingerprint density at radius 3 is 2.57 bits per heavy atom. The van der Waals surface area contributed by atoms with Gasteiger partial charge in [0.15, 0.2) is 11.5 Å². The highest BCUT2D eigenvalue weighted by Crippen LogP contribution is 2.23. The molecule has 1 N–H and O–H groups in total. The van der Waals surface area contributed by atoms with Crippen molar-refractivity contribution in [3.63, 3.8) is 0 Å². The van der Waals surface area contributed by atoms with Gasteiger partial charge in [-0.15, -0.1) is 0 Å². The van der Waals surface area contributed by atoms with Gasteiger partial charge in [-0.1, -0.05) is 6.92 Å². The Morgan fingerprint density at radius 1 is 1.14 bits per heavy atom. The second kappa shape index (κ2) is 6.78. The lowest BCUT2D eigenvalue weighted by Crippen LogP contribution is -2.16. The standard InChI is InChI=1S/C13H19N7O/c1-5-6-16-12-17-10(18-13(19-12)20(2)3)9-11(21-4)15-8-7-14-9/h7-8H,5-6H2,1-4H3,(H,16,17,18,19). The molecule has 0 atom stereocenters. The molecule has 0 aliphatic rings. The fourth-order valence-corrected chi connectivity index (χ4v) is 1.61. The van der Waals surface area contributed by atoms with Gasteiger partial charge in [-0.05, 0) is 6.42 Å². The first-order chi connectivity index (χ1) is 10.2. The monoisotopic (exact) mass is 289 g/mol. The smallest absolute Gasteiger partial charge is 0.243 e. The SMILES string of the molecule is CCCNc1nc(-c2nccnc2OC)nc(N(C)C)n1. The van der Waals surface area contributed by atoms with Crippen molar-refractivity contribution in [3.05, 3.63) is 12.4 Å². The molecule has 8 nitrogen and oxygen atoms in total. The van der Waals surface area contributed by atoms with Gasteiger partial charge in [0.25, 0.3) is 0 Å². The fourth-order valence-electron chi connectivity index (χ4n) is 1.61. The molecule has 0 fully saturated rings. The maximum absolute atomic E-state index is 5.21. The Balaban J connectivity index is 2.48. The van der Waals surface area contributed by atoms with Gasteiger partial charge in [0.1, 0.15) is 0 Å². The Bertz CT molecular complexity index is 603. The molecule has 2 heterocycles. The first-order valence-corrected chi connectivity index (χ1v) is 6.68. The first-order valence-electron chi connectivity index (χ1n) is 6.68. The topological polar surface area (TPSA) is 89.0 Å². The summed E-state index contributed by atoms with van der Waals surface area (Å²) in [4.78, 5) is 23.3. The molecule has 0 radical (unpaired) electrons. The van der Waals surface area contributed by atoms with Gasteiger partial charge in [0, 0.05) is 33.0 Å². The molecule has 2 aromatic rings. The van der Waals surface area contributed by atoms with Crippen LogP contribution in [0.2, 0.25) is 0 Å². The van der Waals surface area contributed by atoms with Crippen molar-refractivity contribution in [2.45, 2.75) is 13.3 Å². The van der Waals surface area contributed by atoms with Gasteiger partial charge < -0.3 is 15.0 Å². The van der Waals surface area contributed by atoms with Crippen LogP contribution in [-0.4, -0.2) is 52.7 Å². The van der Waals surface area contributed by atoms with Crippen LogP contribution in [0.5, 0.6) is 5.88 Å². The van der Waals surface area contributed by atoms with Crippen molar-refractivity contribution >= 4 is 11.9 Å². The van der Waals surface area contributed by atoms with E-state index >= 15 is 0 Å². The molecule has 8 heteroatoms. The highest BCUT2D eigenvalue weighted by molar-refractivity contribution is 5.58. The van der Waals surface area contributed by atoms with Crippen LogP contribution in [0, 0.1) is 0 Å². The third kappa shape index (κ3) is 3.53. The van der Waals surface area contributed by atoms with E-state index in [1.165, 1.54) is 7.11 Å². The number of hydrogen-bond acceptors (Lipinski definition) is 8. The maximum Gasteiger partial charge on any atom is 0.243 e. The lowest BCUT2D eigenvalue weighted by Gasteiger charge is -2.13. The minimum atomic E-state index is 0.384. The number of nitrogens with one attached hydrogen (secondary N) is 1. The number of anilines is 2. The second-order valence-corrected chi connectivity index (χ2v) is 4.52. The van der Waals surface area contributed by atoms with E-state index in [0.29, 0.717) is 29.3 Å². The molecular weight excluding hydrogens is 270 g/mol. The van der Waals surface area contributed by atoms with Crippen molar-refractivity contribution in [3.8, 4) is 17.4 Å². The molecule has 0 saturated heterocycles. The Hall–Kier alpha value is -2.51. The summed E-state index contributed by atoms with van der Waals surface area (Å²) in [5.74, 6) is 1.87. The number of methoxy groups -OCH3 is 1. The zero-order chi connectivity index (χ0) is 15.2. The number of ether oxygens (including phenoxy) is 1. The molecule has 0 bridgehead atoms. The van der Waals surface area contributed by atoms with Crippen LogP contribution in [0.4, 0.5) is 11.9 Å². The highest BCUT2D eigenvalue weighted by atomic mass is 16.5. The van der Waals surface area contributed by atoms with Gasteiger partial charge in [0.2, 0.25) is 17.8 Å². The Morgan fingerprint density at radius 2 is 1.90 bits per heavy atom. The van der Waals surface area contributed by atoms with E-state index in [0.717, 1.165) is 13.0 Å². The summed E-state index contributed by atoms with van der Waals surface area (Å²) in [6.07, 6.45) is 4.12. The van der Waals surface area contributed by atoms with Crippen LogP contribution in [0.3, 0.4) is 0 Å². The minimum absolute atomic E-state index is 0.384. The minimum Gasteiger partial charge on any atom is -0.479 e.